The van der Waals surface area contributed by atoms with Gasteiger partial charge in [0, 0.05) is 31.9 Å². The van der Waals surface area contributed by atoms with E-state index in [2.05, 4.69) is 34.8 Å². The normalized spacial score (nSPS) is 11.4. The number of aliphatic imine (C=N–C) groups is 1. The van der Waals surface area contributed by atoms with Gasteiger partial charge in [0.05, 0.1) is 13.1 Å². The van der Waals surface area contributed by atoms with Gasteiger partial charge in [0.2, 0.25) is 5.91 Å². The van der Waals surface area contributed by atoms with Gasteiger partial charge in [-0.1, -0.05) is 26.0 Å². The Balaban J connectivity index is 2.46. The third-order valence-corrected chi connectivity index (χ3v) is 3.61. The molecule has 0 unspecified atom stereocenters. The second-order valence-corrected chi connectivity index (χ2v) is 6.79. The van der Waals surface area contributed by atoms with Crippen LogP contribution in [0, 0.1) is 5.92 Å². The maximum atomic E-state index is 11.9. The van der Waals surface area contributed by atoms with E-state index < -0.39 is 5.91 Å². The predicted octanol–water partition coefficient (Wildman–Crippen LogP) is 1.02. The number of hydrogen-bond acceptors (Lipinski definition) is 4. The first-order valence-electron chi connectivity index (χ1n) is 9.67. The van der Waals surface area contributed by atoms with Gasteiger partial charge >= 0.3 is 0 Å². The monoisotopic (exact) mass is 391 g/mol. The molecule has 1 aromatic rings. The van der Waals surface area contributed by atoms with Gasteiger partial charge in [-0.25, -0.2) is 4.99 Å². The standard InChI is InChI=1S/C20H33N5O3/c1-4-22-20(23-10-5-11-28-14-15(2)3)25-12-16-6-8-17(9-7-16)19(27)24-13-18(21)26/h6-9,15H,4-5,10-14H2,1-3H3,(H2,21,26)(H,24,27)(H2,22,23,25). The number of benzene rings is 1. The molecule has 5 N–H and O–H groups in total. The van der Waals surface area contributed by atoms with E-state index >= 15 is 0 Å². The summed E-state index contributed by atoms with van der Waals surface area (Å²) in [6, 6.07) is 7.08. The molecule has 0 bridgehead atoms. The zero-order valence-electron chi connectivity index (χ0n) is 17.1. The molecule has 0 saturated heterocycles. The highest BCUT2D eigenvalue weighted by Crippen LogP contribution is 2.06. The average Bonchev–Trinajstić information content (AvgIpc) is 2.66. The van der Waals surface area contributed by atoms with Gasteiger partial charge in [-0.05, 0) is 37.0 Å². The molecular formula is C20H33N5O3. The Morgan fingerprint density at radius 3 is 2.46 bits per heavy atom. The van der Waals surface area contributed by atoms with E-state index in [0.717, 1.165) is 44.2 Å². The fourth-order valence-electron chi connectivity index (χ4n) is 2.24. The summed E-state index contributed by atoms with van der Waals surface area (Å²) in [5.41, 5.74) is 6.47. The van der Waals surface area contributed by atoms with Crippen LogP contribution >= 0.6 is 0 Å². The van der Waals surface area contributed by atoms with Crippen molar-refractivity contribution in [3.8, 4) is 0 Å². The highest BCUT2D eigenvalue weighted by atomic mass is 16.5. The Hall–Kier alpha value is -2.61. The molecule has 0 radical (unpaired) electrons. The van der Waals surface area contributed by atoms with Crippen molar-refractivity contribution in [2.45, 2.75) is 33.7 Å². The molecule has 2 amide bonds. The van der Waals surface area contributed by atoms with Crippen molar-refractivity contribution in [1.29, 1.82) is 0 Å². The van der Waals surface area contributed by atoms with E-state index in [1.165, 1.54) is 0 Å². The van der Waals surface area contributed by atoms with Crippen molar-refractivity contribution in [1.82, 2.24) is 16.0 Å². The van der Waals surface area contributed by atoms with Gasteiger partial charge in [0.15, 0.2) is 5.96 Å². The second kappa shape index (κ2) is 13.5. The zero-order chi connectivity index (χ0) is 20.8. The first kappa shape index (κ1) is 23.4. The third-order valence-electron chi connectivity index (χ3n) is 3.61. The molecule has 28 heavy (non-hydrogen) atoms. The first-order chi connectivity index (χ1) is 13.4. The average molecular weight is 392 g/mol. The van der Waals surface area contributed by atoms with Crippen LogP contribution < -0.4 is 21.7 Å². The number of carbonyl (C=O) groups excluding carboxylic acids is 2. The summed E-state index contributed by atoms with van der Waals surface area (Å²) < 4.78 is 5.57. The summed E-state index contributed by atoms with van der Waals surface area (Å²) in [4.78, 5) is 27.1. The van der Waals surface area contributed by atoms with Gasteiger partial charge in [-0.15, -0.1) is 0 Å². The zero-order valence-corrected chi connectivity index (χ0v) is 17.1. The van der Waals surface area contributed by atoms with Crippen LogP contribution in [0.25, 0.3) is 0 Å². The molecule has 1 rings (SSSR count). The van der Waals surface area contributed by atoms with Crippen LogP contribution in [0.2, 0.25) is 0 Å². The van der Waals surface area contributed by atoms with Crippen molar-refractivity contribution < 1.29 is 14.3 Å². The molecule has 0 aliphatic carbocycles. The topological polar surface area (TPSA) is 118 Å². The highest BCUT2D eigenvalue weighted by Gasteiger charge is 2.06. The number of hydrogen-bond donors (Lipinski definition) is 4. The fourth-order valence-corrected chi connectivity index (χ4v) is 2.24. The minimum atomic E-state index is -0.575. The molecule has 0 spiro atoms. The number of ether oxygens (including phenoxy) is 1. The van der Waals surface area contributed by atoms with E-state index in [4.69, 9.17) is 10.5 Å². The van der Waals surface area contributed by atoms with Crippen LogP contribution in [0.5, 0.6) is 0 Å². The van der Waals surface area contributed by atoms with E-state index in [9.17, 15) is 9.59 Å². The van der Waals surface area contributed by atoms with Crippen LogP contribution in [0.1, 0.15) is 43.1 Å². The molecule has 0 aliphatic rings. The van der Waals surface area contributed by atoms with Gasteiger partial charge in [0.25, 0.3) is 5.91 Å². The highest BCUT2D eigenvalue weighted by molar-refractivity contribution is 5.96. The molecule has 0 heterocycles. The summed E-state index contributed by atoms with van der Waals surface area (Å²) in [5.74, 6) is 0.389. The number of carbonyl (C=O) groups is 2. The Kier molecular flexibility index (Phi) is 11.3. The Morgan fingerprint density at radius 2 is 1.86 bits per heavy atom. The SMILES string of the molecule is CCNC(=NCc1ccc(C(=O)NCC(N)=O)cc1)NCCCOCC(C)C. The first-order valence-corrected chi connectivity index (χ1v) is 9.67. The van der Waals surface area contributed by atoms with Crippen LogP contribution in [0.15, 0.2) is 29.3 Å². The van der Waals surface area contributed by atoms with Crippen LogP contribution in [0.3, 0.4) is 0 Å². The van der Waals surface area contributed by atoms with Gasteiger partial charge < -0.3 is 26.4 Å². The smallest absolute Gasteiger partial charge is 0.251 e. The Bertz CT molecular complexity index is 629. The summed E-state index contributed by atoms with van der Waals surface area (Å²) in [7, 11) is 0. The van der Waals surface area contributed by atoms with Gasteiger partial charge in [0.1, 0.15) is 0 Å². The van der Waals surface area contributed by atoms with Crippen LogP contribution in [0.4, 0.5) is 0 Å². The lowest BCUT2D eigenvalue weighted by molar-refractivity contribution is -0.117. The predicted molar refractivity (Wildman–Crippen MR) is 111 cm³/mol. The molecule has 0 saturated carbocycles. The van der Waals surface area contributed by atoms with Crippen molar-refractivity contribution in [2.75, 3.05) is 32.8 Å². The lowest BCUT2D eigenvalue weighted by Gasteiger charge is -2.12. The van der Waals surface area contributed by atoms with Crippen molar-refractivity contribution in [2.24, 2.45) is 16.6 Å². The molecule has 0 fully saturated rings. The number of nitrogens with one attached hydrogen (secondary N) is 3. The number of rotatable bonds is 12. The number of guanidine groups is 1. The summed E-state index contributed by atoms with van der Waals surface area (Å²) >= 11 is 0. The van der Waals surface area contributed by atoms with Gasteiger partial charge in [-0.3, -0.25) is 9.59 Å². The molecule has 0 aliphatic heterocycles. The van der Waals surface area contributed by atoms with Crippen molar-refractivity contribution in [3.63, 3.8) is 0 Å². The summed E-state index contributed by atoms with van der Waals surface area (Å²) in [6.07, 6.45) is 0.909. The molecule has 156 valence electrons. The molecule has 0 atom stereocenters. The lowest BCUT2D eigenvalue weighted by Crippen LogP contribution is -2.38. The molecule has 1 aromatic carbocycles. The quantitative estimate of drug-likeness (QED) is 0.241. The van der Waals surface area contributed by atoms with Gasteiger partial charge in [-0.2, -0.15) is 0 Å². The van der Waals surface area contributed by atoms with E-state index in [-0.39, 0.29) is 12.5 Å². The summed E-state index contributed by atoms with van der Waals surface area (Å²) in [6.45, 7) is 9.66. The number of nitrogens with zero attached hydrogens (tertiary/aromatic N) is 1. The van der Waals surface area contributed by atoms with E-state index in [1.807, 2.05) is 19.1 Å². The Morgan fingerprint density at radius 1 is 1.14 bits per heavy atom. The van der Waals surface area contributed by atoms with Crippen LogP contribution in [-0.4, -0.2) is 50.6 Å². The third kappa shape index (κ3) is 10.5. The molecule has 8 nitrogen and oxygen atoms in total. The molecular weight excluding hydrogens is 358 g/mol. The maximum absolute atomic E-state index is 11.9. The summed E-state index contributed by atoms with van der Waals surface area (Å²) in [5, 5.41) is 8.95. The number of amides is 2. The minimum Gasteiger partial charge on any atom is -0.381 e. The molecule has 8 heteroatoms. The van der Waals surface area contributed by atoms with Crippen LogP contribution in [-0.2, 0) is 16.1 Å². The van der Waals surface area contributed by atoms with Crippen molar-refractivity contribution >= 4 is 17.8 Å². The number of primary amides is 1. The van der Waals surface area contributed by atoms with E-state index in [1.54, 1.807) is 12.1 Å². The fraction of sp³-hybridized carbons (Fsp3) is 0.550. The van der Waals surface area contributed by atoms with Crippen molar-refractivity contribution in [3.05, 3.63) is 35.4 Å². The second-order valence-electron chi connectivity index (χ2n) is 6.79. The Labute approximate surface area is 167 Å². The minimum absolute atomic E-state index is 0.175. The lowest BCUT2D eigenvalue weighted by atomic mass is 10.1. The number of nitrogens with two attached hydrogens (primary N) is 1. The molecule has 0 aromatic heterocycles. The largest absolute Gasteiger partial charge is 0.381 e. The van der Waals surface area contributed by atoms with E-state index in [0.29, 0.717) is 18.0 Å². The maximum Gasteiger partial charge on any atom is 0.251 e.